The molecule has 1 aromatic rings. The third kappa shape index (κ3) is 3.68. The molecule has 0 aromatic heterocycles. The zero-order valence-corrected chi connectivity index (χ0v) is 15.2. The number of ketones is 1. The van der Waals surface area contributed by atoms with Gasteiger partial charge in [-0.1, -0.05) is 28.4 Å². The molecule has 1 atom stereocenters. The topological polar surface area (TPSA) is 98.9 Å². The third-order valence-corrected chi connectivity index (χ3v) is 5.23. The lowest BCUT2D eigenvalue weighted by Gasteiger charge is -2.30. The van der Waals surface area contributed by atoms with Crippen molar-refractivity contribution in [3.8, 4) is 0 Å². The van der Waals surface area contributed by atoms with E-state index in [0.29, 0.717) is 5.57 Å². The fourth-order valence-electron chi connectivity index (χ4n) is 2.07. The number of oxime groups is 1. The van der Waals surface area contributed by atoms with Crippen molar-refractivity contribution in [2.75, 3.05) is 0 Å². The summed E-state index contributed by atoms with van der Waals surface area (Å²) in [5.41, 5.74) is 0.594. The average Bonchev–Trinajstić information content (AvgIpc) is 2.58. The highest BCUT2D eigenvalue weighted by molar-refractivity contribution is 6.67. The van der Waals surface area contributed by atoms with Crippen LogP contribution in [0.2, 0.25) is 0 Å². The third-order valence-electron chi connectivity index (χ3n) is 3.69. The van der Waals surface area contributed by atoms with Crippen LogP contribution in [0.25, 0.3) is 0 Å². The van der Waals surface area contributed by atoms with Gasteiger partial charge in [0.25, 0.3) is 5.69 Å². The number of non-ortho nitro benzene ring substituents is 1. The Balaban J connectivity index is 2.26. The molecule has 1 aliphatic carbocycles. The molecule has 0 radical (unpaired) electrons. The number of allylic oxidation sites excluding steroid dienone is 2. The van der Waals surface area contributed by atoms with Crippen molar-refractivity contribution in [3.63, 3.8) is 0 Å². The van der Waals surface area contributed by atoms with Crippen LogP contribution in [-0.2, 0) is 9.63 Å². The highest BCUT2D eigenvalue weighted by atomic mass is 35.5. The number of hydrogen-bond acceptors (Lipinski definition) is 6. The van der Waals surface area contributed by atoms with E-state index in [0.717, 1.165) is 12.1 Å². The number of halogens is 3. The van der Waals surface area contributed by atoms with Crippen molar-refractivity contribution >= 4 is 58.0 Å². The summed E-state index contributed by atoms with van der Waals surface area (Å²) in [6.45, 7) is 3.08. The molecule has 1 unspecified atom stereocenters. The first-order chi connectivity index (χ1) is 11.6. The summed E-state index contributed by atoms with van der Waals surface area (Å²) in [5.74, 6) is -1.41. The molecule has 0 spiro atoms. The predicted molar refractivity (Wildman–Crippen MR) is 93.4 cm³/mol. The Kier molecular flexibility index (Phi) is 5.51. The Hall–Kier alpha value is -1.96. The van der Waals surface area contributed by atoms with Gasteiger partial charge in [0, 0.05) is 17.7 Å². The van der Waals surface area contributed by atoms with Crippen molar-refractivity contribution in [2.45, 2.75) is 23.6 Å². The molecule has 7 nitrogen and oxygen atoms in total. The first-order valence-corrected chi connectivity index (χ1v) is 8.04. The summed E-state index contributed by atoms with van der Waals surface area (Å²) in [5, 5.41) is 13.1. The Morgan fingerprint density at radius 1 is 1.24 bits per heavy atom. The first kappa shape index (κ1) is 19.4. The van der Waals surface area contributed by atoms with Crippen LogP contribution in [0.3, 0.4) is 0 Å². The highest BCUT2D eigenvalue weighted by Crippen LogP contribution is 2.40. The van der Waals surface area contributed by atoms with Gasteiger partial charge in [0.15, 0.2) is 5.78 Å². The van der Waals surface area contributed by atoms with E-state index in [1.807, 2.05) is 0 Å². The van der Waals surface area contributed by atoms with Crippen LogP contribution in [0.1, 0.15) is 24.2 Å². The summed E-state index contributed by atoms with van der Waals surface area (Å²) < 4.78 is -1.93. The lowest BCUT2D eigenvalue weighted by atomic mass is 9.90. The second-order valence-electron chi connectivity index (χ2n) is 5.22. The molecular formula is C15H11Cl3N2O5. The van der Waals surface area contributed by atoms with Crippen molar-refractivity contribution in [1.82, 2.24) is 0 Å². The number of Topliss-reactive ketones (excluding diaryl/α,β-unsaturated/α-hetero) is 1. The van der Waals surface area contributed by atoms with Gasteiger partial charge in [-0.2, -0.15) is 0 Å². The normalized spacial score (nSPS) is 21.4. The van der Waals surface area contributed by atoms with Gasteiger partial charge in [0.1, 0.15) is 11.1 Å². The molecule has 25 heavy (non-hydrogen) atoms. The SMILES string of the molecule is CC1=C(C)/C(=N/OC(=O)c2ccc([N+](=O)[O-])cc2)C(Cl)C(Cl)(Cl)C1=O. The average molecular weight is 406 g/mol. The van der Waals surface area contributed by atoms with E-state index in [4.69, 9.17) is 39.6 Å². The number of alkyl halides is 3. The van der Waals surface area contributed by atoms with Crippen molar-refractivity contribution in [2.24, 2.45) is 5.16 Å². The van der Waals surface area contributed by atoms with E-state index >= 15 is 0 Å². The van der Waals surface area contributed by atoms with E-state index in [9.17, 15) is 19.7 Å². The monoisotopic (exact) mass is 404 g/mol. The number of carbonyl (C=O) groups excluding carboxylic acids is 2. The Bertz CT molecular complexity index is 815. The second kappa shape index (κ2) is 7.11. The molecule has 1 aliphatic rings. The lowest BCUT2D eigenvalue weighted by molar-refractivity contribution is -0.384. The maximum absolute atomic E-state index is 12.0. The smallest absolute Gasteiger partial charge is 0.312 e. The largest absolute Gasteiger partial charge is 0.365 e. The van der Waals surface area contributed by atoms with Gasteiger partial charge >= 0.3 is 5.97 Å². The summed E-state index contributed by atoms with van der Waals surface area (Å²) >= 11 is 18.0. The van der Waals surface area contributed by atoms with E-state index in [2.05, 4.69) is 5.16 Å². The molecular weight excluding hydrogens is 395 g/mol. The minimum atomic E-state index is -1.93. The van der Waals surface area contributed by atoms with E-state index in [-0.39, 0.29) is 22.5 Å². The minimum Gasteiger partial charge on any atom is -0.312 e. The van der Waals surface area contributed by atoms with Crippen LogP contribution in [0, 0.1) is 10.1 Å². The summed E-state index contributed by atoms with van der Waals surface area (Å²) in [7, 11) is 0. The fraction of sp³-hybridized carbons (Fsp3) is 0.267. The maximum atomic E-state index is 12.0. The summed E-state index contributed by atoms with van der Waals surface area (Å²) in [4.78, 5) is 38.9. The van der Waals surface area contributed by atoms with Crippen molar-refractivity contribution < 1.29 is 19.3 Å². The zero-order valence-electron chi connectivity index (χ0n) is 13.0. The van der Waals surface area contributed by atoms with E-state index < -0.39 is 26.4 Å². The number of nitro benzene ring substituents is 1. The zero-order chi connectivity index (χ0) is 18.9. The minimum absolute atomic E-state index is 0.0503. The molecule has 1 aromatic carbocycles. The van der Waals surface area contributed by atoms with Crippen LogP contribution in [-0.4, -0.2) is 32.1 Å². The summed E-state index contributed by atoms with van der Waals surface area (Å²) in [6, 6.07) is 4.77. The van der Waals surface area contributed by atoms with Gasteiger partial charge < -0.3 is 4.84 Å². The lowest BCUT2D eigenvalue weighted by Crippen LogP contribution is -2.46. The van der Waals surface area contributed by atoms with Crippen LogP contribution in [0.5, 0.6) is 0 Å². The number of rotatable bonds is 3. The molecule has 10 heteroatoms. The van der Waals surface area contributed by atoms with Crippen LogP contribution in [0.15, 0.2) is 40.6 Å². The molecule has 0 saturated heterocycles. The number of hydrogen-bond donors (Lipinski definition) is 0. The molecule has 0 heterocycles. The predicted octanol–water partition coefficient (Wildman–Crippen LogP) is 3.81. The quantitative estimate of drug-likeness (QED) is 0.329. The number of nitrogens with zero attached hydrogens (tertiary/aromatic N) is 2. The molecule has 0 fully saturated rings. The Morgan fingerprint density at radius 2 is 1.80 bits per heavy atom. The highest BCUT2D eigenvalue weighted by Gasteiger charge is 2.49. The number of carbonyl (C=O) groups is 2. The van der Waals surface area contributed by atoms with Gasteiger partial charge in [-0.25, -0.2) is 4.79 Å². The molecule has 0 aliphatic heterocycles. The number of benzene rings is 1. The second-order valence-corrected chi connectivity index (χ2v) is 7.05. The van der Waals surface area contributed by atoms with Crippen molar-refractivity contribution in [1.29, 1.82) is 0 Å². The van der Waals surface area contributed by atoms with Crippen LogP contribution >= 0.6 is 34.8 Å². The van der Waals surface area contributed by atoms with E-state index in [1.165, 1.54) is 19.1 Å². The Morgan fingerprint density at radius 3 is 2.32 bits per heavy atom. The van der Waals surface area contributed by atoms with Crippen LogP contribution < -0.4 is 0 Å². The van der Waals surface area contributed by atoms with Crippen molar-refractivity contribution in [3.05, 3.63) is 51.1 Å². The maximum Gasteiger partial charge on any atom is 0.365 e. The molecule has 132 valence electrons. The molecule has 2 rings (SSSR count). The fourth-order valence-corrected chi connectivity index (χ4v) is 2.86. The Labute approximate surface area is 157 Å². The number of nitro groups is 1. The van der Waals surface area contributed by atoms with Gasteiger partial charge in [-0.15, -0.1) is 11.6 Å². The molecule has 0 amide bonds. The molecule has 0 N–H and O–H groups in total. The van der Waals surface area contributed by atoms with Gasteiger partial charge in [0.05, 0.1) is 10.5 Å². The first-order valence-electron chi connectivity index (χ1n) is 6.85. The molecule has 0 saturated carbocycles. The van der Waals surface area contributed by atoms with Gasteiger partial charge in [-0.3, -0.25) is 14.9 Å². The van der Waals surface area contributed by atoms with E-state index in [1.54, 1.807) is 6.92 Å². The summed E-state index contributed by atoms with van der Waals surface area (Å²) in [6.07, 6.45) is 0. The standard InChI is InChI=1S/C15H11Cl3N2O5/c1-7-8(2)13(21)15(17,18)12(16)11(7)19-25-14(22)9-3-5-10(6-4-9)20(23)24/h3-6,12H,1-2H3/b19-11-. The van der Waals surface area contributed by atoms with Gasteiger partial charge in [-0.05, 0) is 31.6 Å². The van der Waals surface area contributed by atoms with Crippen LogP contribution in [0.4, 0.5) is 5.69 Å². The van der Waals surface area contributed by atoms with Gasteiger partial charge in [0.2, 0.25) is 4.33 Å². The molecule has 0 bridgehead atoms.